The lowest BCUT2D eigenvalue weighted by Crippen LogP contribution is -2.28. The van der Waals surface area contributed by atoms with Gasteiger partial charge >= 0.3 is 6.18 Å². The molecule has 3 aromatic rings. The predicted molar refractivity (Wildman–Crippen MR) is 121 cm³/mol. The summed E-state index contributed by atoms with van der Waals surface area (Å²) in [4.78, 5) is 27.7. The summed E-state index contributed by atoms with van der Waals surface area (Å²) in [5, 5.41) is 19.9. The van der Waals surface area contributed by atoms with Crippen LogP contribution in [0, 0.1) is 0 Å². The molecule has 38 heavy (non-hydrogen) atoms. The minimum Gasteiger partial charge on any atom is -0.350 e. The maximum absolute atomic E-state index is 14.5. The number of aryl methyl sites for hydroxylation is 1. The molecule has 206 valence electrons. The van der Waals surface area contributed by atoms with Crippen LogP contribution in [0.4, 0.5) is 26.3 Å². The largest absolute Gasteiger partial charge is 0.417 e. The van der Waals surface area contributed by atoms with Crippen molar-refractivity contribution >= 4 is 23.2 Å². The molecule has 0 saturated heterocycles. The number of aromatic nitrogens is 6. The molecule has 0 saturated carbocycles. The van der Waals surface area contributed by atoms with E-state index in [0.717, 1.165) is 29.0 Å². The summed E-state index contributed by atoms with van der Waals surface area (Å²) < 4.78 is 79.5. The number of carbonyl (C=O) groups excluding carboxylic acids is 2. The molecule has 0 aromatic carbocycles. The number of nitrogens with one attached hydrogen (secondary N) is 2. The highest BCUT2D eigenvalue weighted by Crippen LogP contribution is 2.28. The Balaban J connectivity index is 1.43. The van der Waals surface area contributed by atoms with E-state index < -0.39 is 42.1 Å². The van der Waals surface area contributed by atoms with Gasteiger partial charge in [0.2, 0.25) is 10.9 Å². The van der Waals surface area contributed by atoms with E-state index in [2.05, 4.69) is 36.1 Å². The van der Waals surface area contributed by atoms with Crippen LogP contribution in [-0.2, 0) is 25.7 Å². The second-order valence-corrected chi connectivity index (χ2v) is 9.36. The second-order valence-electron chi connectivity index (χ2n) is 8.30. The van der Waals surface area contributed by atoms with E-state index in [1.165, 1.54) is 12.4 Å². The average molecular weight is 565 g/mol. The predicted octanol–water partition coefficient (Wildman–Crippen LogP) is 3.22. The number of hydrogen-bond donors (Lipinski definition) is 2. The number of rotatable bonds is 12. The summed E-state index contributed by atoms with van der Waals surface area (Å²) >= 11 is 0.918. The topological polar surface area (TPSA) is 128 Å². The first kappa shape index (κ1) is 28.9. The molecule has 1 atom stereocenters. The maximum atomic E-state index is 14.5. The summed E-state index contributed by atoms with van der Waals surface area (Å²) in [6.07, 6.45) is -3.33. The Morgan fingerprint density at radius 1 is 1.08 bits per heavy atom. The highest BCUT2D eigenvalue weighted by Gasteiger charge is 2.31. The Morgan fingerprint density at radius 3 is 2.55 bits per heavy atom. The first-order chi connectivity index (χ1) is 17.8. The van der Waals surface area contributed by atoms with Crippen LogP contribution in [0.5, 0.6) is 0 Å². The van der Waals surface area contributed by atoms with E-state index in [4.69, 9.17) is 0 Å². The van der Waals surface area contributed by atoms with Gasteiger partial charge in [-0.1, -0.05) is 16.6 Å². The van der Waals surface area contributed by atoms with Gasteiger partial charge in [-0.3, -0.25) is 14.6 Å². The molecule has 3 heterocycles. The lowest BCUT2D eigenvalue weighted by atomic mass is 10.2. The summed E-state index contributed by atoms with van der Waals surface area (Å²) in [6.45, 7) is 0.0354. The van der Waals surface area contributed by atoms with Gasteiger partial charge in [-0.15, -0.1) is 15.3 Å². The van der Waals surface area contributed by atoms with E-state index >= 15 is 0 Å². The Morgan fingerprint density at radius 2 is 1.84 bits per heavy atom. The fourth-order valence-corrected chi connectivity index (χ4v) is 3.77. The number of amides is 2. The third kappa shape index (κ3) is 9.04. The maximum Gasteiger partial charge on any atom is 0.417 e. The van der Waals surface area contributed by atoms with Crippen molar-refractivity contribution < 1.29 is 35.9 Å². The van der Waals surface area contributed by atoms with Crippen LogP contribution >= 0.6 is 11.3 Å². The highest BCUT2D eigenvalue weighted by atomic mass is 32.1. The van der Waals surface area contributed by atoms with Gasteiger partial charge in [-0.05, 0) is 25.0 Å². The zero-order valence-corrected chi connectivity index (χ0v) is 20.6. The normalized spacial score (nSPS) is 12.8. The zero-order valence-electron chi connectivity index (χ0n) is 19.8. The third-order valence-corrected chi connectivity index (χ3v) is 5.90. The number of alkyl halides is 6. The summed E-state index contributed by atoms with van der Waals surface area (Å²) in [5.74, 6) is -4.27. The van der Waals surface area contributed by atoms with Crippen LogP contribution < -0.4 is 10.6 Å². The van der Waals surface area contributed by atoms with E-state index in [9.17, 15) is 35.9 Å². The van der Waals surface area contributed by atoms with Gasteiger partial charge in [0.1, 0.15) is 11.2 Å². The molecule has 0 aliphatic rings. The number of carbonyl (C=O) groups is 2. The van der Waals surface area contributed by atoms with E-state index in [0.29, 0.717) is 11.2 Å². The molecule has 10 nitrogen and oxygen atoms in total. The number of halogens is 6. The summed E-state index contributed by atoms with van der Waals surface area (Å²) in [5.41, 5.74) is -0.974. The molecule has 0 bridgehead atoms. The fraction of sp³-hybridized carbons (Fsp3) is 0.476. The summed E-state index contributed by atoms with van der Waals surface area (Å²) in [7, 11) is 0. The van der Waals surface area contributed by atoms with Crippen LogP contribution in [-0.4, -0.2) is 60.6 Å². The second kappa shape index (κ2) is 12.3. The Hall–Kier alpha value is -3.63. The molecular formula is C21H22F6N8O2S. The van der Waals surface area contributed by atoms with Crippen LogP contribution in [0.2, 0.25) is 0 Å². The van der Waals surface area contributed by atoms with Crippen LogP contribution in [0.3, 0.4) is 0 Å². The van der Waals surface area contributed by atoms with Crippen molar-refractivity contribution in [3.05, 3.63) is 51.5 Å². The van der Waals surface area contributed by atoms with Crippen molar-refractivity contribution in [3.63, 3.8) is 0 Å². The van der Waals surface area contributed by atoms with Crippen molar-refractivity contribution in [1.82, 2.24) is 40.8 Å². The monoisotopic (exact) mass is 564 g/mol. The van der Waals surface area contributed by atoms with Crippen molar-refractivity contribution in [2.75, 3.05) is 6.54 Å². The lowest BCUT2D eigenvalue weighted by molar-refractivity contribution is -0.137. The molecule has 17 heteroatoms. The highest BCUT2D eigenvalue weighted by molar-refractivity contribution is 7.13. The molecule has 3 aromatic heterocycles. The molecular weight excluding hydrogens is 542 g/mol. The van der Waals surface area contributed by atoms with Gasteiger partial charge in [0, 0.05) is 38.3 Å². The quantitative estimate of drug-likeness (QED) is 0.324. The van der Waals surface area contributed by atoms with Gasteiger partial charge in [0.25, 0.3) is 11.8 Å². The van der Waals surface area contributed by atoms with Crippen molar-refractivity contribution in [2.45, 2.75) is 57.5 Å². The van der Waals surface area contributed by atoms with E-state index in [1.807, 2.05) is 0 Å². The molecule has 1 unspecified atom stereocenters. The molecule has 0 radical (unpaired) electrons. The Kier molecular flexibility index (Phi) is 9.35. The van der Waals surface area contributed by atoms with E-state index in [-0.39, 0.29) is 48.7 Å². The van der Waals surface area contributed by atoms with Gasteiger partial charge in [0.15, 0.2) is 5.69 Å². The molecule has 0 aliphatic heterocycles. The van der Waals surface area contributed by atoms with Crippen LogP contribution in [0.15, 0.2) is 24.7 Å². The van der Waals surface area contributed by atoms with Crippen LogP contribution in [0.25, 0.3) is 0 Å². The SMILES string of the molecule is CC(F)(F)CCNC(=O)c1nnc(CCC(F)Cn2cc(C(=O)NCc3cncc(C(F)(F)F)c3)nn2)s1. The summed E-state index contributed by atoms with van der Waals surface area (Å²) in [6, 6.07) is 0.860. The van der Waals surface area contributed by atoms with Gasteiger partial charge in [-0.25, -0.2) is 17.9 Å². The number of hydrogen-bond acceptors (Lipinski definition) is 8. The lowest BCUT2D eigenvalue weighted by Gasteiger charge is -2.09. The number of pyridine rings is 1. The first-order valence-electron chi connectivity index (χ1n) is 11.1. The minimum absolute atomic E-state index is 0.0117. The third-order valence-electron chi connectivity index (χ3n) is 4.91. The standard InChI is InChI=1S/C21H22F6N8O2S/c1-20(23,24)4-5-29-18(37)19-33-32-16(38-19)3-2-14(22)10-35-11-15(31-34-35)17(36)30-8-12-6-13(9-28-7-12)21(25,26)27/h6-7,9,11,14H,2-5,8,10H2,1H3,(H,29,37)(H,30,36). The van der Waals surface area contributed by atoms with E-state index in [1.54, 1.807) is 0 Å². The van der Waals surface area contributed by atoms with Gasteiger partial charge in [0.05, 0.1) is 18.3 Å². The molecule has 0 fully saturated rings. The zero-order chi connectivity index (χ0) is 27.9. The van der Waals surface area contributed by atoms with Crippen molar-refractivity contribution in [3.8, 4) is 0 Å². The molecule has 0 aliphatic carbocycles. The average Bonchev–Trinajstić information content (AvgIpc) is 3.50. The number of nitrogens with zero attached hydrogens (tertiary/aromatic N) is 6. The minimum atomic E-state index is -4.57. The molecule has 3 rings (SSSR count). The van der Waals surface area contributed by atoms with Crippen LogP contribution in [0.1, 0.15) is 56.2 Å². The Labute approximate surface area is 215 Å². The Bertz CT molecular complexity index is 1240. The smallest absolute Gasteiger partial charge is 0.350 e. The van der Waals surface area contributed by atoms with Crippen molar-refractivity contribution in [1.29, 1.82) is 0 Å². The van der Waals surface area contributed by atoms with Gasteiger partial charge < -0.3 is 10.6 Å². The van der Waals surface area contributed by atoms with Gasteiger partial charge in [-0.2, -0.15) is 13.2 Å². The molecule has 2 amide bonds. The molecule has 0 spiro atoms. The fourth-order valence-electron chi connectivity index (χ4n) is 3.00. The first-order valence-corrected chi connectivity index (χ1v) is 11.9. The van der Waals surface area contributed by atoms with Crippen molar-refractivity contribution in [2.24, 2.45) is 0 Å². The molecule has 2 N–H and O–H groups in total.